The van der Waals surface area contributed by atoms with E-state index in [9.17, 15) is 9.59 Å². The van der Waals surface area contributed by atoms with Gasteiger partial charge in [-0.05, 0) is 37.8 Å². The molecule has 0 aromatic carbocycles. The zero-order chi connectivity index (χ0) is 17.8. The predicted octanol–water partition coefficient (Wildman–Crippen LogP) is 2.18. The molecule has 0 bridgehead atoms. The fourth-order valence-electron chi connectivity index (χ4n) is 2.85. The smallest absolute Gasteiger partial charge is 0.276 e. The summed E-state index contributed by atoms with van der Waals surface area (Å²) >= 11 is 0. The third kappa shape index (κ3) is 4.04. The van der Waals surface area contributed by atoms with Gasteiger partial charge in [0.25, 0.3) is 11.8 Å². The molecule has 132 valence electrons. The first-order valence-corrected chi connectivity index (χ1v) is 8.48. The summed E-state index contributed by atoms with van der Waals surface area (Å²) in [5.74, 6) is 1.13. The lowest BCUT2D eigenvalue weighted by molar-refractivity contribution is 0.0690. The summed E-state index contributed by atoms with van der Waals surface area (Å²) in [7, 11) is 0. The van der Waals surface area contributed by atoms with Gasteiger partial charge in [0.05, 0.1) is 6.54 Å². The van der Waals surface area contributed by atoms with Crippen LogP contribution in [0.2, 0.25) is 0 Å². The molecule has 0 aliphatic carbocycles. The van der Waals surface area contributed by atoms with Crippen LogP contribution in [0, 0.1) is 12.8 Å². The summed E-state index contributed by atoms with van der Waals surface area (Å²) in [6, 6.07) is 3.25. The third-order valence-electron chi connectivity index (χ3n) is 4.46. The molecule has 0 atom stereocenters. The number of carbonyl (C=O) groups is 2. The maximum atomic E-state index is 12.6. The van der Waals surface area contributed by atoms with Crippen molar-refractivity contribution in [2.75, 3.05) is 13.1 Å². The van der Waals surface area contributed by atoms with Gasteiger partial charge in [0.2, 0.25) is 5.89 Å². The van der Waals surface area contributed by atoms with E-state index in [2.05, 4.69) is 22.2 Å². The lowest BCUT2D eigenvalue weighted by Gasteiger charge is -2.29. The molecule has 7 heteroatoms. The Hall–Kier alpha value is -2.70. The van der Waals surface area contributed by atoms with Crippen molar-refractivity contribution in [3.8, 4) is 0 Å². The van der Waals surface area contributed by atoms with Crippen LogP contribution in [-0.4, -0.2) is 39.8 Å². The van der Waals surface area contributed by atoms with E-state index in [4.69, 9.17) is 4.42 Å². The maximum Gasteiger partial charge on any atom is 0.276 e. The summed E-state index contributed by atoms with van der Waals surface area (Å²) in [5, 5.41) is 2.73. The lowest BCUT2D eigenvalue weighted by atomic mass is 9.99. The first-order chi connectivity index (χ1) is 12.0. The number of nitrogens with zero attached hydrogens (tertiary/aromatic N) is 3. The van der Waals surface area contributed by atoms with Gasteiger partial charge in [0.1, 0.15) is 5.76 Å². The number of piperidine rings is 1. The molecule has 2 aromatic heterocycles. The Labute approximate surface area is 146 Å². The van der Waals surface area contributed by atoms with Crippen LogP contribution in [-0.2, 0) is 6.54 Å². The Kier molecular flexibility index (Phi) is 5.11. The quantitative estimate of drug-likeness (QED) is 0.920. The number of amides is 2. The second-order valence-electron chi connectivity index (χ2n) is 6.41. The van der Waals surface area contributed by atoms with Crippen LogP contribution < -0.4 is 5.32 Å². The van der Waals surface area contributed by atoms with Crippen LogP contribution in [0.5, 0.6) is 0 Å². The van der Waals surface area contributed by atoms with Crippen molar-refractivity contribution in [3.05, 3.63) is 47.4 Å². The average Bonchev–Trinajstić information content (AvgIpc) is 3.01. The number of hydrogen-bond acceptors (Lipinski definition) is 5. The van der Waals surface area contributed by atoms with Gasteiger partial charge in [0, 0.05) is 31.0 Å². The molecule has 3 heterocycles. The first kappa shape index (κ1) is 17.1. The topological polar surface area (TPSA) is 88.3 Å². The number of hydrogen-bond donors (Lipinski definition) is 1. The molecule has 0 spiro atoms. The Morgan fingerprint density at radius 3 is 2.64 bits per heavy atom. The van der Waals surface area contributed by atoms with Crippen LogP contribution in [0.25, 0.3) is 0 Å². The van der Waals surface area contributed by atoms with Crippen LogP contribution >= 0.6 is 0 Å². The predicted molar refractivity (Wildman–Crippen MR) is 90.9 cm³/mol. The molecule has 2 aromatic rings. The van der Waals surface area contributed by atoms with Crippen molar-refractivity contribution in [1.29, 1.82) is 0 Å². The second kappa shape index (κ2) is 7.46. The minimum Gasteiger partial charge on any atom is -0.443 e. The van der Waals surface area contributed by atoms with Crippen molar-refractivity contribution >= 4 is 11.8 Å². The van der Waals surface area contributed by atoms with Crippen molar-refractivity contribution < 1.29 is 14.0 Å². The van der Waals surface area contributed by atoms with Gasteiger partial charge in [-0.25, -0.2) is 4.98 Å². The molecule has 25 heavy (non-hydrogen) atoms. The summed E-state index contributed by atoms with van der Waals surface area (Å²) < 4.78 is 5.55. The molecule has 0 saturated carbocycles. The van der Waals surface area contributed by atoms with Crippen molar-refractivity contribution in [2.24, 2.45) is 5.92 Å². The normalized spacial score (nSPS) is 15.2. The minimum atomic E-state index is -0.240. The molecule has 0 unspecified atom stereocenters. The molecule has 0 radical (unpaired) electrons. The van der Waals surface area contributed by atoms with Crippen molar-refractivity contribution in [3.63, 3.8) is 0 Å². The van der Waals surface area contributed by atoms with E-state index in [0.29, 0.717) is 28.8 Å². The second-order valence-corrected chi connectivity index (χ2v) is 6.41. The van der Waals surface area contributed by atoms with Gasteiger partial charge in [-0.2, -0.15) is 0 Å². The summed E-state index contributed by atoms with van der Waals surface area (Å²) in [4.78, 5) is 34.6. The maximum absolute atomic E-state index is 12.6. The van der Waals surface area contributed by atoms with Crippen LogP contribution in [0.15, 0.2) is 28.9 Å². The minimum absolute atomic E-state index is 0.0974. The number of nitrogens with one attached hydrogen (secondary N) is 1. The molecular weight excluding hydrogens is 320 g/mol. The molecule has 1 aliphatic heterocycles. The first-order valence-electron chi connectivity index (χ1n) is 8.48. The van der Waals surface area contributed by atoms with E-state index in [0.717, 1.165) is 25.9 Å². The third-order valence-corrected chi connectivity index (χ3v) is 4.46. The van der Waals surface area contributed by atoms with Gasteiger partial charge >= 0.3 is 0 Å². The van der Waals surface area contributed by atoms with Gasteiger partial charge in [-0.1, -0.05) is 6.92 Å². The Balaban J connectivity index is 1.62. The van der Waals surface area contributed by atoms with Gasteiger partial charge in [-0.3, -0.25) is 14.6 Å². The molecule has 1 N–H and O–H groups in total. The largest absolute Gasteiger partial charge is 0.443 e. The van der Waals surface area contributed by atoms with E-state index < -0.39 is 0 Å². The highest BCUT2D eigenvalue weighted by atomic mass is 16.4. The number of rotatable bonds is 4. The Bertz CT molecular complexity index is 749. The average molecular weight is 342 g/mol. The highest BCUT2D eigenvalue weighted by molar-refractivity contribution is 5.94. The number of carbonyl (C=O) groups excluding carboxylic acids is 2. The van der Waals surface area contributed by atoms with Crippen LogP contribution in [0.1, 0.15) is 52.3 Å². The molecular formula is C18H22N4O3. The summed E-state index contributed by atoms with van der Waals surface area (Å²) in [5.41, 5.74) is 0.847. The fourth-order valence-corrected chi connectivity index (χ4v) is 2.85. The van der Waals surface area contributed by atoms with Gasteiger partial charge in [0.15, 0.2) is 5.69 Å². The fraction of sp³-hybridized carbons (Fsp3) is 0.444. The molecule has 7 nitrogen and oxygen atoms in total. The zero-order valence-electron chi connectivity index (χ0n) is 14.5. The summed E-state index contributed by atoms with van der Waals surface area (Å²) in [6.07, 6.45) is 5.13. The monoisotopic (exact) mass is 342 g/mol. The van der Waals surface area contributed by atoms with E-state index in [1.54, 1.807) is 31.5 Å². The SMILES string of the molecule is Cc1oc(CNC(=O)c2ccncc2)nc1C(=O)N1CCC(C)CC1. The highest BCUT2D eigenvalue weighted by Gasteiger charge is 2.26. The number of aromatic nitrogens is 2. The highest BCUT2D eigenvalue weighted by Crippen LogP contribution is 2.19. The lowest BCUT2D eigenvalue weighted by Crippen LogP contribution is -2.38. The van der Waals surface area contributed by atoms with E-state index in [1.807, 2.05) is 4.90 Å². The van der Waals surface area contributed by atoms with Crippen molar-refractivity contribution in [2.45, 2.75) is 33.2 Å². The van der Waals surface area contributed by atoms with E-state index >= 15 is 0 Å². The van der Waals surface area contributed by atoms with Crippen molar-refractivity contribution in [1.82, 2.24) is 20.2 Å². The van der Waals surface area contributed by atoms with Crippen LogP contribution in [0.4, 0.5) is 0 Å². The molecule has 1 aliphatic rings. The van der Waals surface area contributed by atoms with E-state index in [1.165, 1.54) is 0 Å². The molecule has 1 saturated heterocycles. The number of oxazole rings is 1. The Morgan fingerprint density at radius 2 is 1.96 bits per heavy atom. The zero-order valence-corrected chi connectivity index (χ0v) is 14.5. The number of aryl methyl sites for hydroxylation is 1. The van der Waals surface area contributed by atoms with Crippen LogP contribution in [0.3, 0.4) is 0 Å². The van der Waals surface area contributed by atoms with E-state index in [-0.39, 0.29) is 18.4 Å². The van der Waals surface area contributed by atoms with Gasteiger partial charge < -0.3 is 14.6 Å². The summed E-state index contributed by atoms with van der Waals surface area (Å²) in [6.45, 7) is 5.56. The number of pyridine rings is 1. The Morgan fingerprint density at radius 1 is 1.28 bits per heavy atom. The molecule has 2 amide bonds. The van der Waals surface area contributed by atoms with Gasteiger partial charge in [-0.15, -0.1) is 0 Å². The molecule has 3 rings (SSSR count). The number of likely N-dealkylation sites (tertiary alicyclic amines) is 1. The standard InChI is InChI=1S/C18H22N4O3/c1-12-5-9-22(10-6-12)18(24)16-13(2)25-15(21-16)11-20-17(23)14-3-7-19-8-4-14/h3-4,7-8,12H,5-6,9-11H2,1-2H3,(H,20,23). The molecule has 1 fully saturated rings.